The van der Waals surface area contributed by atoms with Crippen LogP contribution < -0.4 is 0 Å². The molecule has 0 radical (unpaired) electrons. The molecule has 112 valence electrons. The van der Waals surface area contributed by atoms with E-state index in [2.05, 4.69) is 30.2 Å². The molecule has 3 rings (SSSR count). The molecule has 0 spiro atoms. The Kier molecular flexibility index (Phi) is 4.49. The molecule has 0 aromatic carbocycles. The summed E-state index contributed by atoms with van der Waals surface area (Å²) in [4.78, 5) is 4.17. The van der Waals surface area contributed by atoms with Crippen molar-refractivity contribution >= 4 is 11.3 Å². The molecule has 1 aliphatic heterocycles. The first-order valence-corrected chi connectivity index (χ1v) is 9.05. The third-order valence-corrected chi connectivity index (χ3v) is 6.50. The van der Waals surface area contributed by atoms with Crippen LogP contribution in [0.3, 0.4) is 0 Å². The second-order valence-electron chi connectivity index (χ2n) is 6.63. The van der Waals surface area contributed by atoms with Crippen LogP contribution in [0.4, 0.5) is 0 Å². The van der Waals surface area contributed by atoms with E-state index in [1.165, 1.54) is 31.2 Å². The van der Waals surface area contributed by atoms with Gasteiger partial charge in [0, 0.05) is 24.0 Å². The van der Waals surface area contributed by atoms with Gasteiger partial charge in [0.1, 0.15) is 0 Å². The topological polar surface area (TPSA) is 23.5 Å². The summed E-state index contributed by atoms with van der Waals surface area (Å²) >= 11 is 1.91. The van der Waals surface area contributed by atoms with Gasteiger partial charge in [0.15, 0.2) is 0 Å². The molecule has 0 saturated heterocycles. The van der Waals surface area contributed by atoms with E-state index < -0.39 is 0 Å². The van der Waals surface area contributed by atoms with Gasteiger partial charge in [0.25, 0.3) is 0 Å². The molecule has 1 aromatic heterocycles. The Balaban J connectivity index is 1.66. The molecule has 0 amide bonds. The number of hydrogen-bond donors (Lipinski definition) is 1. The van der Waals surface area contributed by atoms with Gasteiger partial charge in [0.2, 0.25) is 0 Å². The maximum absolute atomic E-state index is 10.3. The van der Waals surface area contributed by atoms with Crippen molar-refractivity contribution in [3.8, 4) is 0 Å². The van der Waals surface area contributed by atoms with Crippen LogP contribution >= 0.6 is 11.3 Å². The maximum Gasteiger partial charge on any atom is 0.0580 e. The Morgan fingerprint density at radius 1 is 1.40 bits per heavy atom. The second-order valence-corrected chi connectivity index (χ2v) is 7.64. The fourth-order valence-corrected chi connectivity index (χ4v) is 4.99. The van der Waals surface area contributed by atoms with E-state index in [0.717, 1.165) is 25.4 Å². The molecule has 4 unspecified atom stereocenters. The van der Waals surface area contributed by atoms with Crippen LogP contribution in [0.2, 0.25) is 0 Å². The monoisotopic (exact) mass is 293 g/mol. The quantitative estimate of drug-likeness (QED) is 0.915. The molecule has 3 heteroatoms. The Labute approximate surface area is 126 Å². The summed E-state index contributed by atoms with van der Waals surface area (Å²) < 4.78 is 0. The Morgan fingerprint density at radius 3 is 3.05 bits per heavy atom. The fourth-order valence-electron chi connectivity index (χ4n) is 4.02. The van der Waals surface area contributed by atoms with Gasteiger partial charge in [-0.15, -0.1) is 11.3 Å². The number of hydrogen-bond acceptors (Lipinski definition) is 3. The van der Waals surface area contributed by atoms with Gasteiger partial charge in [-0.25, -0.2) is 0 Å². The highest BCUT2D eigenvalue weighted by atomic mass is 32.1. The van der Waals surface area contributed by atoms with Crippen LogP contribution in [0.1, 0.15) is 56.0 Å². The van der Waals surface area contributed by atoms with E-state index >= 15 is 0 Å². The lowest BCUT2D eigenvalue weighted by atomic mass is 9.77. The number of aliphatic hydroxyl groups is 1. The van der Waals surface area contributed by atoms with Crippen LogP contribution in [0.25, 0.3) is 0 Å². The zero-order valence-electron chi connectivity index (χ0n) is 12.7. The molecule has 2 aliphatic rings. The van der Waals surface area contributed by atoms with Crippen LogP contribution in [-0.2, 0) is 6.42 Å². The first-order chi connectivity index (χ1) is 9.69. The SMILES string of the molecule is CCC1CCC(O)C(CN2CCc3sccc3C2C)C1. The highest BCUT2D eigenvalue weighted by molar-refractivity contribution is 7.10. The van der Waals surface area contributed by atoms with E-state index in [1.807, 2.05) is 11.3 Å². The molecule has 2 nitrogen and oxygen atoms in total. The Hall–Kier alpha value is -0.380. The van der Waals surface area contributed by atoms with Crippen molar-refractivity contribution < 1.29 is 5.11 Å². The van der Waals surface area contributed by atoms with Gasteiger partial charge in [-0.1, -0.05) is 13.3 Å². The smallest absolute Gasteiger partial charge is 0.0580 e. The van der Waals surface area contributed by atoms with E-state index in [1.54, 1.807) is 4.88 Å². The second kappa shape index (κ2) is 6.17. The van der Waals surface area contributed by atoms with Crippen LogP contribution in [0.5, 0.6) is 0 Å². The van der Waals surface area contributed by atoms with Gasteiger partial charge >= 0.3 is 0 Å². The molecule has 1 fully saturated rings. The zero-order chi connectivity index (χ0) is 14.1. The highest BCUT2D eigenvalue weighted by Gasteiger charge is 2.32. The van der Waals surface area contributed by atoms with Crippen molar-refractivity contribution in [1.29, 1.82) is 0 Å². The van der Waals surface area contributed by atoms with E-state index in [-0.39, 0.29) is 6.10 Å². The van der Waals surface area contributed by atoms with Gasteiger partial charge in [0.05, 0.1) is 6.10 Å². The van der Waals surface area contributed by atoms with E-state index in [4.69, 9.17) is 0 Å². The number of rotatable bonds is 3. The third kappa shape index (κ3) is 2.81. The van der Waals surface area contributed by atoms with Gasteiger partial charge in [-0.3, -0.25) is 4.90 Å². The molecular formula is C17H27NOS. The molecule has 1 saturated carbocycles. The summed E-state index contributed by atoms with van der Waals surface area (Å²) in [6, 6.07) is 2.82. The molecule has 1 aromatic rings. The number of thiophene rings is 1. The van der Waals surface area contributed by atoms with Crippen LogP contribution in [-0.4, -0.2) is 29.2 Å². The van der Waals surface area contributed by atoms with Gasteiger partial charge < -0.3 is 5.11 Å². The Bertz CT molecular complexity index is 444. The minimum absolute atomic E-state index is 0.0751. The van der Waals surface area contributed by atoms with E-state index in [9.17, 15) is 5.11 Å². The molecular weight excluding hydrogens is 266 g/mol. The lowest BCUT2D eigenvalue weighted by Gasteiger charge is -2.40. The predicted octanol–water partition coefficient (Wildman–Crippen LogP) is 3.85. The number of fused-ring (bicyclic) bond motifs is 1. The fraction of sp³-hybridized carbons (Fsp3) is 0.765. The van der Waals surface area contributed by atoms with Crippen molar-refractivity contribution in [2.24, 2.45) is 11.8 Å². The molecule has 4 atom stereocenters. The van der Waals surface area contributed by atoms with Crippen molar-refractivity contribution in [2.75, 3.05) is 13.1 Å². The summed E-state index contributed by atoms with van der Waals surface area (Å²) in [6.45, 7) is 6.86. The lowest BCUT2D eigenvalue weighted by Crippen LogP contribution is -2.42. The van der Waals surface area contributed by atoms with Crippen LogP contribution in [0.15, 0.2) is 11.4 Å². The average Bonchev–Trinajstić information content (AvgIpc) is 2.93. The summed E-state index contributed by atoms with van der Waals surface area (Å²) in [7, 11) is 0. The van der Waals surface area contributed by atoms with Crippen molar-refractivity contribution in [3.63, 3.8) is 0 Å². The minimum atomic E-state index is -0.0751. The standard InChI is InChI=1S/C17H27NOS/c1-3-13-4-5-16(19)14(10-13)11-18-8-6-17-15(12(18)2)7-9-20-17/h7,9,12-14,16,19H,3-6,8,10-11H2,1-2H3. The molecule has 20 heavy (non-hydrogen) atoms. The van der Waals surface area contributed by atoms with Gasteiger partial charge in [-0.2, -0.15) is 0 Å². The lowest BCUT2D eigenvalue weighted by molar-refractivity contribution is 0.0180. The largest absolute Gasteiger partial charge is 0.393 e. The average molecular weight is 293 g/mol. The third-order valence-electron chi connectivity index (χ3n) is 5.50. The number of nitrogens with zero attached hydrogens (tertiary/aromatic N) is 1. The zero-order valence-corrected chi connectivity index (χ0v) is 13.5. The predicted molar refractivity (Wildman–Crippen MR) is 85.1 cm³/mol. The minimum Gasteiger partial charge on any atom is -0.393 e. The summed E-state index contributed by atoms with van der Waals surface area (Å²) in [5.41, 5.74) is 1.53. The molecule has 1 aliphatic carbocycles. The summed E-state index contributed by atoms with van der Waals surface area (Å²) in [5, 5.41) is 12.6. The summed E-state index contributed by atoms with van der Waals surface area (Å²) in [6.07, 6.45) is 5.84. The highest BCUT2D eigenvalue weighted by Crippen LogP contribution is 2.36. The molecule has 2 heterocycles. The van der Waals surface area contributed by atoms with E-state index in [0.29, 0.717) is 12.0 Å². The first-order valence-electron chi connectivity index (χ1n) is 8.17. The number of aliphatic hydroxyl groups excluding tert-OH is 1. The first kappa shape index (κ1) is 14.6. The van der Waals surface area contributed by atoms with Crippen molar-refractivity contribution in [2.45, 2.75) is 58.1 Å². The van der Waals surface area contributed by atoms with Crippen molar-refractivity contribution in [1.82, 2.24) is 4.90 Å². The van der Waals surface area contributed by atoms with Crippen molar-refractivity contribution in [3.05, 3.63) is 21.9 Å². The Morgan fingerprint density at radius 2 is 2.25 bits per heavy atom. The molecule has 0 bridgehead atoms. The normalized spacial score (nSPS) is 35.0. The maximum atomic E-state index is 10.3. The van der Waals surface area contributed by atoms with Crippen LogP contribution in [0, 0.1) is 11.8 Å². The van der Waals surface area contributed by atoms with Gasteiger partial charge in [-0.05, 0) is 61.5 Å². The summed E-state index contributed by atoms with van der Waals surface area (Å²) in [5.74, 6) is 1.32. The molecule has 1 N–H and O–H groups in total.